The number of aliphatic hydroxyl groups excluding tert-OH is 1. The number of hydrogen-bond acceptors (Lipinski definition) is 5. The monoisotopic (exact) mass is 359 g/mol. The highest BCUT2D eigenvalue weighted by atomic mass is 16.5. The number of amides is 1. The third kappa shape index (κ3) is 4.70. The van der Waals surface area contributed by atoms with Crippen LogP contribution in [0.5, 0.6) is 0 Å². The van der Waals surface area contributed by atoms with Gasteiger partial charge < -0.3 is 15.2 Å². The van der Waals surface area contributed by atoms with Gasteiger partial charge >= 0.3 is 5.97 Å². The van der Waals surface area contributed by atoms with Crippen LogP contribution in [0.4, 0.5) is 0 Å². The van der Waals surface area contributed by atoms with Gasteiger partial charge in [0, 0.05) is 24.2 Å². The van der Waals surface area contributed by atoms with Crippen molar-refractivity contribution in [1.29, 1.82) is 0 Å². The van der Waals surface area contributed by atoms with Crippen molar-refractivity contribution in [3.63, 3.8) is 0 Å². The van der Waals surface area contributed by atoms with E-state index in [9.17, 15) is 14.7 Å². The van der Waals surface area contributed by atoms with Gasteiger partial charge in [-0.25, -0.2) is 4.68 Å². The van der Waals surface area contributed by atoms with Gasteiger partial charge in [0.2, 0.25) is 0 Å². The Kier molecular flexibility index (Phi) is 6.52. The van der Waals surface area contributed by atoms with Crippen LogP contribution in [0.2, 0.25) is 0 Å². The van der Waals surface area contributed by atoms with Gasteiger partial charge in [-0.05, 0) is 57.0 Å². The van der Waals surface area contributed by atoms with Gasteiger partial charge in [0.1, 0.15) is 0 Å². The molecule has 1 atom stereocenters. The van der Waals surface area contributed by atoms with E-state index in [-0.39, 0.29) is 18.4 Å². The van der Waals surface area contributed by atoms with Crippen molar-refractivity contribution in [1.82, 2.24) is 15.1 Å². The molecule has 1 aromatic heterocycles. The van der Waals surface area contributed by atoms with Crippen LogP contribution < -0.4 is 5.32 Å². The summed E-state index contributed by atoms with van der Waals surface area (Å²) in [5.41, 5.74) is 4.20. The van der Waals surface area contributed by atoms with E-state index in [0.717, 1.165) is 22.6 Å². The number of rotatable bonds is 7. The number of nitrogens with one attached hydrogen (secondary N) is 1. The predicted molar refractivity (Wildman–Crippen MR) is 97.4 cm³/mol. The van der Waals surface area contributed by atoms with Gasteiger partial charge in [-0.2, -0.15) is 5.10 Å². The number of carbonyl (C=O) groups excluding carboxylic acids is 2. The summed E-state index contributed by atoms with van der Waals surface area (Å²) in [4.78, 5) is 23.4. The van der Waals surface area contributed by atoms with Crippen molar-refractivity contribution in [2.45, 2.75) is 39.7 Å². The standard InChI is InChI=1S/C19H25N3O4/c1-12(23)11-20-19(25)15-5-7-16(8-6-15)22-14(3)17(13(2)21-22)9-10-18(24)26-4/h5-8,12,23H,9-11H2,1-4H3,(H,20,25). The summed E-state index contributed by atoms with van der Waals surface area (Å²) in [5.74, 6) is -0.478. The summed E-state index contributed by atoms with van der Waals surface area (Å²) in [6.07, 6.45) is 0.299. The first kappa shape index (κ1) is 19.7. The van der Waals surface area contributed by atoms with Crippen LogP contribution in [-0.2, 0) is 16.0 Å². The second-order valence-electron chi connectivity index (χ2n) is 6.24. The van der Waals surface area contributed by atoms with Crippen molar-refractivity contribution >= 4 is 11.9 Å². The summed E-state index contributed by atoms with van der Waals surface area (Å²) in [6, 6.07) is 7.08. The van der Waals surface area contributed by atoms with Crippen LogP contribution in [-0.4, -0.2) is 46.5 Å². The number of esters is 1. The number of benzene rings is 1. The molecule has 1 unspecified atom stereocenters. The highest BCUT2D eigenvalue weighted by Gasteiger charge is 2.15. The lowest BCUT2D eigenvalue weighted by Gasteiger charge is -2.09. The normalized spacial score (nSPS) is 11.9. The second-order valence-corrected chi connectivity index (χ2v) is 6.24. The Morgan fingerprint density at radius 2 is 1.92 bits per heavy atom. The van der Waals surface area contributed by atoms with Crippen molar-refractivity contribution in [2.24, 2.45) is 0 Å². The Hall–Kier alpha value is -2.67. The molecule has 140 valence electrons. The molecular formula is C19H25N3O4. The van der Waals surface area contributed by atoms with Crippen molar-refractivity contribution in [3.8, 4) is 5.69 Å². The van der Waals surface area contributed by atoms with Gasteiger partial charge in [-0.1, -0.05) is 0 Å². The zero-order valence-electron chi connectivity index (χ0n) is 15.6. The fourth-order valence-electron chi connectivity index (χ4n) is 2.71. The van der Waals surface area contributed by atoms with Crippen molar-refractivity contribution < 1.29 is 19.4 Å². The molecule has 0 fully saturated rings. The first-order valence-corrected chi connectivity index (χ1v) is 8.52. The maximum atomic E-state index is 12.0. The fourth-order valence-corrected chi connectivity index (χ4v) is 2.71. The Labute approximate surface area is 153 Å². The number of methoxy groups -OCH3 is 1. The molecule has 0 bridgehead atoms. The summed E-state index contributed by atoms with van der Waals surface area (Å²) >= 11 is 0. The zero-order valence-corrected chi connectivity index (χ0v) is 15.6. The van der Waals surface area contributed by atoms with Crippen LogP contribution >= 0.6 is 0 Å². The minimum atomic E-state index is -0.587. The molecule has 2 rings (SSSR count). The van der Waals surface area contributed by atoms with E-state index in [4.69, 9.17) is 4.74 Å². The molecular weight excluding hydrogens is 334 g/mol. The smallest absolute Gasteiger partial charge is 0.305 e. The Balaban J connectivity index is 2.16. The van der Waals surface area contributed by atoms with E-state index < -0.39 is 6.10 Å². The average Bonchev–Trinajstić information content (AvgIpc) is 2.91. The molecule has 1 amide bonds. The highest BCUT2D eigenvalue weighted by Crippen LogP contribution is 2.20. The van der Waals surface area contributed by atoms with E-state index in [0.29, 0.717) is 18.4 Å². The molecule has 2 aromatic rings. The number of hydrogen-bond donors (Lipinski definition) is 2. The molecule has 7 heteroatoms. The summed E-state index contributed by atoms with van der Waals surface area (Å²) < 4.78 is 6.50. The van der Waals surface area contributed by atoms with Crippen LogP contribution in [0, 0.1) is 13.8 Å². The van der Waals surface area contributed by atoms with E-state index in [1.165, 1.54) is 7.11 Å². The molecule has 0 spiro atoms. The van der Waals surface area contributed by atoms with Gasteiger partial charge in [0.15, 0.2) is 0 Å². The largest absolute Gasteiger partial charge is 0.469 e. The summed E-state index contributed by atoms with van der Waals surface area (Å²) in [5, 5.41) is 16.4. The Morgan fingerprint density at radius 1 is 1.27 bits per heavy atom. The quantitative estimate of drug-likeness (QED) is 0.734. The third-order valence-electron chi connectivity index (χ3n) is 4.18. The molecule has 0 radical (unpaired) electrons. The van der Waals surface area contributed by atoms with Gasteiger partial charge in [-0.3, -0.25) is 9.59 Å². The fraction of sp³-hybridized carbons (Fsp3) is 0.421. The van der Waals surface area contributed by atoms with Gasteiger partial charge in [-0.15, -0.1) is 0 Å². The lowest BCUT2D eigenvalue weighted by molar-refractivity contribution is -0.140. The van der Waals surface area contributed by atoms with Crippen LogP contribution in [0.3, 0.4) is 0 Å². The van der Waals surface area contributed by atoms with E-state index >= 15 is 0 Å². The number of nitrogens with zero attached hydrogens (tertiary/aromatic N) is 2. The molecule has 0 aliphatic heterocycles. The van der Waals surface area contributed by atoms with Crippen molar-refractivity contribution in [3.05, 3.63) is 46.8 Å². The SMILES string of the molecule is COC(=O)CCc1c(C)nn(-c2ccc(C(=O)NCC(C)O)cc2)c1C. The number of aliphatic hydroxyl groups is 1. The molecule has 7 nitrogen and oxygen atoms in total. The predicted octanol–water partition coefficient (Wildman–Crippen LogP) is 1.71. The molecule has 0 saturated heterocycles. The maximum Gasteiger partial charge on any atom is 0.305 e. The van der Waals surface area contributed by atoms with E-state index in [1.807, 2.05) is 26.0 Å². The maximum absolute atomic E-state index is 12.0. The number of aryl methyl sites for hydroxylation is 1. The van der Waals surface area contributed by atoms with Crippen molar-refractivity contribution in [2.75, 3.05) is 13.7 Å². The minimum Gasteiger partial charge on any atom is -0.469 e. The third-order valence-corrected chi connectivity index (χ3v) is 4.18. The van der Waals surface area contributed by atoms with Gasteiger partial charge in [0.25, 0.3) is 5.91 Å². The molecule has 2 N–H and O–H groups in total. The zero-order chi connectivity index (χ0) is 19.3. The molecule has 1 heterocycles. The number of carbonyl (C=O) groups is 2. The lowest BCUT2D eigenvalue weighted by Crippen LogP contribution is -2.30. The first-order valence-electron chi connectivity index (χ1n) is 8.52. The van der Waals surface area contributed by atoms with E-state index in [2.05, 4.69) is 10.4 Å². The topological polar surface area (TPSA) is 93.5 Å². The summed E-state index contributed by atoms with van der Waals surface area (Å²) in [7, 11) is 1.38. The number of aromatic nitrogens is 2. The van der Waals surface area contributed by atoms with Crippen LogP contribution in [0.25, 0.3) is 5.69 Å². The Morgan fingerprint density at radius 3 is 2.50 bits per heavy atom. The molecule has 26 heavy (non-hydrogen) atoms. The molecule has 1 aromatic carbocycles. The van der Waals surface area contributed by atoms with E-state index in [1.54, 1.807) is 23.7 Å². The highest BCUT2D eigenvalue weighted by molar-refractivity contribution is 5.94. The minimum absolute atomic E-state index is 0.210. The molecule has 0 aliphatic rings. The van der Waals surface area contributed by atoms with Gasteiger partial charge in [0.05, 0.1) is 24.6 Å². The average molecular weight is 359 g/mol. The molecule has 0 aliphatic carbocycles. The Bertz CT molecular complexity index is 779. The summed E-state index contributed by atoms with van der Waals surface area (Å²) in [6.45, 7) is 5.69. The lowest BCUT2D eigenvalue weighted by atomic mass is 10.1. The van der Waals surface area contributed by atoms with Crippen LogP contribution in [0.15, 0.2) is 24.3 Å². The van der Waals surface area contributed by atoms with Crippen LogP contribution in [0.1, 0.15) is 40.7 Å². The first-order chi connectivity index (χ1) is 12.3. The second kappa shape index (κ2) is 8.62. The molecule has 0 saturated carbocycles. The number of ether oxygens (including phenoxy) is 1.